The fraction of sp³-hybridized carbons (Fsp3) is 0.643. The van der Waals surface area contributed by atoms with E-state index in [1.807, 2.05) is 6.08 Å². The lowest BCUT2D eigenvalue weighted by molar-refractivity contribution is -0.359. The molecule has 0 saturated carbocycles. The molecule has 0 aliphatic carbocycles. The predicted octanol–water partition coefficient (Wildman–Crippen LogP) is 12.1. The third kappa shape index (κ3) is 37.4. The topological polar surface area (TPSA) is 228 Å². The molecule has 14 nitrogen and oxygen atoms in total. The first kappa shape index (κ1) is 76.0. The van der Waals surface area contributed by atoms with E-state index in [2.05, 4.69) is 153 Å². The van der Waals surface area contributed by atoms with Gasteiger partial charge in [-0.05, 0) is 116 Å². The molecule has 2 fully saturated rings. The SMILES string of the molecule is CC/C=C\C/C=C\C/C=C\C/C=C\C/C=C\C/C=C\C/C=C\C/C=C\C/C=C\CCCCCC(=O)NC(COC1OC(CO)C(OC2OC(CO)C(O)C(O)C2O)C(O)C1O)C(O)/C=C/CC/C=C/CC/C=C/CCCCCCCCCCC. The van der Waals surface area contributed by atoms with Crippen LogP contribution in [0.4, 0.5) is 0 Å². The second-order valence-electron chi connectivity index (χ2n) is 21.8. The molecule has 12 unspecified atom stereocenters. The third-order valence-electron chi connectivity index (χ3n) is 14.5. The van der Waals surface area contributed by atoms with Crippen molar-refractivity contribution in [1.29, 1.82) is 0 Å². The van der Waals surface area contributed by atoms with E-state index in [9.17, 15) is 45.6 Å². The zero-order valence-electron chi connectivity index (χ0n) is 51.3. The van der Waals surface area contributed by atoms with Crippen molar-refractivity contribution in [3.63, 3.8) is 0 Å². The molecule has 476 valence electrons. The van der Waals surface area contributed by atoms with Crippen LogP contribution >= 0.6 is 0 Å². The van der Waals surface area contributed by atoms with Crippen LogP contribution in [-0.2, 0) is 23.7 Å². The summed E-state index contributed by atoms with van der Waals surface area (Å²) in [7, 11) is 0. The largest absolute Gasteiger partial charge is 0.394 e. The summed E-state index contributed by atoms with van der Waals surface area (Å²) in [6, 6.07) is -0.968. The number of amides is 1. The van der Waals surface area contributed by atoms with E-state index in [4.69, 9.17) is 18.9 Å². The van der Waals surface area contributed by atoms with Gasteiger partial charge in [0.2, 0.25) is 5.91 Å². The Labute approximate surface area is 506 Å². The number of nitrogens with one attached hydrogen (secondary N) is 1. The number of allylic oxidation sites excluding steroid dienone is 23. The van der Waals surface area contributed by atoms with Gasteiger partial charge in [0, 0.05) is 6.42 Å². The van der Waals surface area contributed by atoms with E-state index in [-0.39, 0.29) is 18.9 Å². The number of aliphatic hydroxyl groups is 8. The number of unbranched alkanes of at least 4 members (excludes halogenated alkanes) is 14. The van der Waals surface area contributed by atoms with Crippen molar-refractivity contribution in [2.24, 2.45) is 0 Å². The van der Waals surface area contributed by atoms with E-state index in [0.717, 1.165) is 103 Å². The van der Waals surface area contributed by atoms with Crippen molar-refractivity contribution in [3.05, 3.63) is 146 Å². The first-order valence-electron chi connectivity index (χ1n) is 32.1. The van der Waals surface area contributed by atoms with Crippen LogP contribution in [0.15, 0.2) is 146 Å². The fourth-order valence-corrected chi connectivity index (χ4v) is 9.37. The molecule has 0 bridgehead atoms. The van der Waals surface area contributed by atoms with Gasteiger partial charge in [-0.1, -0.05) is 217 Å². The molecular formula is C70H113NO13. The lowest BCUT2D eigenvalue weighted by Crippen LogP contribution is -2.65. The highest BCUT2D eigenvalue weighted by molar-refractivity contribution is 5.76. The molecule has 2 aliphatic rings. The molecule has 0 aromatic heterocycles. The predicted molar refractivity (Wildman–Crippen MR) is 341 cm³/mol. The first-order chi connectivity index (χ1) is 41.1. The van der Waals surface area contributed by atoms with E-state index in [0.29, 0.717) is 12.8 Å². The molecule has 0 spiro atoms. The second kappa shape index (κ2) is 53.1. The quantitative estimate of drug-likeness (QED) is 0.0204. The number of aliphatic hydroxyl groups excluding tert-OH is 8. The summed E-state index contributed by atoms with van der Waals surface area (Å²) in [5, 5.41) is 87.2. The van der Waals surface area contributed by atoms with Crippen molar-refractivity contribution >= 4 is 5.91 Å². The number of carbonyl (C=O) groups excluding carboxylic acids is 1. The Morgan fingerprint density at radius 2 is 0.833 bits per heavy atom. The zero-order chi connectivity index (χ0) is 60.9. The number of hydrogen-bond donors (Lipinski definition) is 9. The first-order valence-corrected chi connectivity index (χ1v) is 32.1. The van der Waals surface area contributed by atoms with Gasteiger partial charge in [0.15, 0.2) is 12.6 Å². The van der Waals surface area contributed by atoms with Gasteiger partial charge >= 0.3 is 0 Å². The van der Waals surface area contributed by atoms with Crippen LogP contribution in [-0.4, -0.2) is 140 Å². The Kier molecular flexibility index (Phi) is 48.1. The van der Waals surface area contributed by atoms with E-state index >= 15 is 0 Å². The monoisotopic (exact) mass is 1180 g/mol. The highest BCUT2D eigenvalue weighted by atomic mass is 16.7. The van der Waals surface area contributed by atoms with Gasteiger partial charge in [-0.3, -0.25) is 4.79 Å². The van der Waals surface area contributed by atoms with Crippen LogP contribution in [0.3, 0.4) is 0 Å². The zero-order valence-corrected chi connectivity index (χ0v) is 51.3. The van der Waals surface area contributed by atoms with Crippen molar-refractivity contribution in [2.75, 3.05) is 19.8 Å². The molecule has 2 saturated heterocycles. The maximum Gasteiger partial charge on any atom is 0.220 e. The van der Waals surface area contributed by atoms with Crippen LogP contribution in [0.25, 0.3) is 0 Å². The Morgan fingerprint density at radius 3 is 1.31 bits per heavy atom. The number of ether oxygens (including phenoxy) is 4. The highest BCUT2D eigenvalue weighted by Gasteiger charge is 2.51. The standard InChI is InChI=1S/C70H113NO13/c1-3-5-7-9-11-13-15-17-19-21-23-24-25-26-27-28-29-30-31-32-33-34-36-38-40-42-44-46-48-50-52-54-62(75)71-58(59(74)53-51-49-47-45-43-41-39-37-35-22-20-18-16-14-12-10-8-6-4-2)57-81-69-67(80)65(78)68(61(56-73)83-69)84-70-66(79)64(77)63(76)60(55-72)82-70/h5,7,11,13,17,19,23-24,26-27,29-30,32-33,35-38,42-45,51,53,58-61,63-70,72-74,76-80H,3-4,6,8-10,12,14-16,18,20-22,25,28,31,34,39-41,46-50,52,54-57H2,1-2H3,(H,71,75)/b7-5-,13-11-,19-17-,24-23-,27-26-,30-29-,33-32-,37-35+,38-36-,44-42-,45-43+,53-51+. The Bertz CT molecular complexity index is 1970. The summed E-state index contributed by atoms with van der Waals surface area (Å²) < 4.78 is 22.8. The Morgan fingerprint density at radius 1 is 0.440 bits per heavy atom. The molecule has 2 rings (SSSR count). The molecule has 0 aromatic carbocycles. The molecule has 9 N–H and O–H groups in total. The van der Waals surface area contributed by atoms with Crippen molar-refractivity contribution in [1.82, 2.24) is 5.32 Å². The third-order valence-corrected chi connectivity index (χ3v) is 14.5. The highest BCUT2D eigenvalue weighted by Crippen LogP contribution is 2.30. The molecule has 0 aromatic rings. The Hall–Kier alpha value is -4.13. The van der Waals surface area contributed by atoms with Gasteiger partial charge in [0.05, 0.1) is 32.0 Å². The molecule has 14 heteroatoms. The maximum absolute atomic E-state index is 13.3. The molecule has 2 heterocycles. The van der Waals surface area contributed by atoms with Crippen molar-refractivity contribution in [3.8, 4) is 0 Å². The molecular weight excluding hydrogens is 1060 g/mol. The molecule has 12 atom stereocenters. The van der Waals surface area contributed by atoms with E-state index in [1.165, 1.54) is 57.8 Å². The fourth-order valence-electron chi connectivity index (χ4n) is 9.37. The van der Waals surface area contributed by atoms with Crippen molar-refractivity contribution in [2.45, 2.75) is 267 Å². The van der Waals surface area contributed by atoms with Gasteiger partial charge in [-0.25, -0.2) is 0 Å². The van der Waals surface area contributed by atoms with Crippen LogP contribution in [0, 0.1) is 0 Å². The van der Waals surface area contributed by atoms with Gasteiger partial charge < -0.3 is 65.1 Å². The van der Waals surface area contributed by atoms with E-state index < -0.39 is 86.8 Å². The smallest absolute Gasteiger partial charge is 0.220 e. The minimum absolute atomic E-state index is 0.219. The number of rotatable bonds is 49. The van der Waals surface area contributed by atoms with E-state index in [1.54, 1.807) is 6.08 Å². The summed E-state index contributed by atoms with van der Waals surface area (Å²) in [4.78, 5) is 13.3. The number of carbonyl (C=O) groups is 1. The Balaban J connectivity index is 1.77. The average Bonchev–Trinajstić information content (AvgIpc) is 3.18. The summed E-state index contributed by atoms with van der Waals surface area (Å²) in [6.07, 6.45) is 63.1. The minimum atomic E-state index is -1.80. The second-order valence-corrected chi connectivity index (χ2v) is 21.8. The molecule has 1 amide bonds. The molecule has 84 heavy (non-hydrogen) atoms. The summed E-state index contributed by atoms with van der Waals surface area (Å²) >= 11 is 0. The van der Waals surface area contributed by atoms with Gasteiger partial charge in [-0.2, -0.15) is 0 Å². The van der Waals surface area contributed by atoms with Gasteiger partial charge in [0.25, 0.3) is 0 Å². The lowest BCUT2D eigenvalue weighted by Gasteiger charge is -2.46. The van der Waals surface area contributed by atoms with Gasteiger partial charge in [-0.15, -0.1) is 0 Å². The maximum atomic E-state index is 13.3. The van der Waals surface area contributed by atoms with Crippen LogP contribution in [0.2, 0.25) is 0 Å². The lowest BCUT2D eigenvalue weighted by atomic mass is 9.97. The summed E-state index contributed by atoms with van der Waals surface area (Å²) in [5.74, 6) is -0.292. The minimum Gasteiger partial charge on any atom is -0.394 e. The number of hydrogen-bond acceptors (Lipinski definition) is 13. The van der Waals surface area contributed by atoms with Crippen LogP contribution < -0.4 is 5.32 Å². The summed E-state index contributed by atoms with van der Waals surface area (Å²) in [6.45, 7) is 2.61. The van der Waals surface area contributed by atoms with Crippen LogP contribution in [0.5, 0.6) is 0 Å². The van der Waals surface area contributed by atoms with Crippen molar-refractivity contribution < 1.29 is 64.6 Å². The normalized spacial score (nSPS) is 24.7. The van der Waals surface area contributed by atoms with Crippen LogP contribution in [0.1, 0.15) is 194 Å². The molecule has 2 aliphatic heterocycles. The summed E-state index contributed by atoms with van der Waals surface area (Å²) in [5.41, 5.74) is 0. The average molecular weight is 1180 g/mol. The van der Waals surface area contributed by atoms with Gasteiger partial charge in [0.1, 0.15) is 48.8 Å². The molecule has 0 radical (unpaired) electrons.